The minimum absolute atomic E-state index is 0.315. The van der Waals surface area contributed by atoms with Crippen molar-refractivity contribution in [3.05, 3.63) is 66.4 Å². The number of ether oxygens (including phenoxy) is 1. The number of nitrogens with zero attached hydrogens (tertiary/aromatic N) is 2. The smallest absolute Gasteiger partial charge is 0.330 e. The van der Waals surface area contributed by atoms with Crippen LogP contribution < -0.4 is 5.32 Å². The second kappa shape index (κ2) is 8.85. The highest BCUT2D eigenvalue weighted by Gasteiger charge is 2.14. The molecule has 0 bridgehead atoms. The third-order valence-electron chi connectivity index (χ3n) is 5.13. The van der Waals surface area contributed by atoms with Crippen LogP contribution in [0.1, 0.15) is 31.2 Å². The lowest BCUT2D eigenvalue weighted by atomic mass is 10.0. The molecule has 1 aliphatic heterocycles. The molecule has 5 nitrogen and oxygen atoms in total. The highest BCUT2D eigenvalue weighted by atomic mass is 16.5. The van der Waals surface area contributed by atoms with Crippen LogP contribution in [0.2, 0.25) is 0 Å². The number of benzene rings is 1. The topological polar surface area (TPSA) is 55.6 Å². The van der Waals surface area contributed by atoms with Crippen molar-refractivity contribution in [2.24, 2.45) is 0 Å². The van der Waals surface area contributed by atoms with E-state index >= 15 is 0 Å². The molecule has 0 aliphatic carbocycles. The first-order chi connectivity index (χ1) is 13.8. The summed E-state index contributed by atoms with van der Waals surface area (Å²) in [7, 11) is 0. The minimum atomic E-state index is -0.315. The van der Waals surface area contributed by atoms with Crippen molar-refractivity contribution in [3.8, 4) is 11.3 Å². The van der Waals surface area contributed by atoms with E-state index in [1.807, 2.05) is 65.3 Å². The Morgan fingerprint density at radius 3 is 2.86 bits per heavy atom. The number of rotatable bonds is 6. The zero-order valence-corrected chi connectivity index (χ0v) is 15.9. The number of piperidine rings is 1. The van der Waals surface area contributed by atoms with Crippen molar-refractivity contribution in [1.82, 2.24) is 14.9 Å². The Bertz CT molecular complexity index is 956. The lowest BCUT2D eigenvalue weighted by Gasteiger charge is -2.22. The van der Waals surface area contributed by atoms with Crippen LogP contribution in [0.5, 0.6) is 0 Å². The predicted molar refractivity (Wildman–Crippen MR) is 111 cm³/mol. The summed E-state index contributed by atoms with van der Waals surface area (Å²) in [6, 6.07) is 16.4. The van der Waals surface area contributed by atoms with Gasteiger partial charge >= 0.3 is 5.97 Å². The van der Waals surface area contributed by atoms with Crippen LogP contribution in [0.25, 0.3) is 22.9 Å². The number of pyridine rings is 1. The first-order valence-corrected chi connectivity index (χ1v) is 9.92. The van der Waals surface area contributed by atoms with Crippen molar-refractivity contribution >= 4 is 17.6 Å². The largest absolute Gasteiger partial charge is 0.462 e. The highest BCUT2D eigenvalue weighted by molar-refractivity contribution is 5.92. The molecule has 3 heterocycles. The van der Waals surface area contributed by atoms with Gasteiger partial charge in [-0.2, -0.15) is 5.10 Å². The SMILES string of the molecule is O=C(C=Cc1c(-c2ccccc2)nn2ccccc12)OCC[C@H]1CCCCN1. The van der Waals surface area contributed by atoms with Crippen LogP contribution >= 0.6 is 0 Å². The molecule has 1 atom stereocenters. The fourth-order valence-electron chi connectivity index (χ4n) is 3.66. The van der Waals surface area contributed by atoms with E-state index in [0.29, 0.717) is 12.6 Å². The van der Waals surface area contributed by atoms with Crippen LogP contribution in [0, 0.1) is 0 Å². The van der Waals surface area contributed by atoms with Gasteiger partial charge in [0.1, 0.15) is 5.69 Å². The van der Waals surface area contributed by atoms with Crippen molar-refractivity contribution in [1.29, 1.82) is 0 Å². The molecule has 1 aromatic carbocycles. The van der Waals surface area contributed by atoms with Gasteiger partial charge in [0.05, 0.1) is 12.1 Å². The number of esters is 1. The molecule has 1 aliphatic rings. The van der Waals surface area contributed by atoms with Gasteiger partial charge in [0.15, 0.2) is 0 Å². The average molecular weight is 375 g/mol. The summed E-state index contributed by atoms with van der Waals surface area (Å²) in [5.74, 6) is -0.315. The van der Waals surface area contributed by atoms with Gasteiger partial charge in [-0.3, -0.25) is 0 Å². The normalized spacial score (nSPS) is 17.2. The Morgan fingerprint density at radius 1 is 1.18 bits per heavy atom. The summed E-state index contributed by atoms with van der Waals surface area (Å²) < 4.78 is 7.24. The first-order valence-electron chi connectivity index (χ1n) is 9.92. The molecule has 0 amide bonds. The summed E-state index contributed by atoms with van der Waals surface area (Å²) in [6.45, 7) is 1.51. The van der Waals surface area contributed by atoms with Crippen molar-refractivity contribution in [2.75, 3.05) is 13.2 Å². The van der Waals surface area contributed by atoms with Gasteiger partial charge in [-0.05, 0) is 44.0 Å². The highest BCUT2D eigenvalue weighted by Crippen LogP contribution is 2.27. The van der Waals surface area contributed by atoms with Gasteiger partial charge in [-0.25, -0.2) is 9.31 Å². The molecular weight excluding hydrogens is 350 g/mol. The van der Waals surface area contributed by atoms with Gasteiger partial charge in [0.25, 0.3) is 0 Å². The Labute approximate surface area is 165 Å². The zero-order chi connectivity index (χ0) is 19.2. The van der Waals surface area contributed by atoms with E-state index in [1.165, 1.54) is 18.9 Å². The zero-order valence-electron chi connectivity index (χ0n) is 15.9. The fraction of sp³-hybridized carbons (Fsp3) is 0.304. The number of fused-ring (bicyclic) bond motifs is 1. The van der Waals surface area contributed by atoms with Crippen LogP contribution in [0.4, 0.5) is 0 Å². The summed E-state index contributed by atoms with van der Waals surface area (Å²) in [6.07, 6.45) is 9.75. The van der Waals surface area contributed by atoms with Crippen molar-refractivity contribution in [2.45, 2.75) is 31.7 Å². The molecule has 28 heavy (non-hydrogen) atoms. The maximum atomic E-state index is 12.2. The van der Waals surface area contributed by atoms with Crippen molar-refractivity contribution in [3.63, 3.8) is 0 Å². The molecule has 4 rings (SSSR count). The molecule has 0 radical (unpaired) electrons. The third kappa shape index (κ3) is 4.31. The number of aromatic nitrogens is 2. The Balaban J connectivity index is 1.48. The molecule has 3 aromatic rings. The summed E-state index contributed by atoms with van der Waals surface area (Å²) >= 11 is 0. The van der Waals surface area contributed by atoms with Crippen LogP contribution in [0.15, 0.2) is 60.8 Å². The number of hydrogen-bond donors (Lipinski definition) is 1. The quantitative estimate of drug-likeness (QED) is 0.521. The van der Waals surface area contributed by atoms with Crippen LogP contribution in [0.3, 0.4) is 0 Å². The molecule has 5 heteroatoms. The predicted octanol–water partition coefficient (Wildman–Crippen LogP) is 4.09. The molecule has 0 unspecified atom stereocenters. The Morgan fingerprint density at radius 2 is 2.04 bits per heavy atom. The summed E-state index contributed by atoms with van der Waals surface area (Å²) in [5, 5.41) is 8.16. The number of carbonyl (C=O) groups excluding carboxylic acids is 1. The number of nitrogens with one attached hydrogen (secondary N) is 1. The van der Waals surface area contributed by atoms with E-state index in [-0.39, 0.29) is 5.97 Å². The monoisotopic (exact) mass is 375 g/mol. The molecule has 2 aromatic heterocycles. The average Bonchev–Trinajstić information content (AvgIpc) is 3.12. The van der Waals surface area contributed by atoms with E-state index < -0.39 is 0 Å². The van der Waals surface area contributed by atoms with E-state index in [9.17, 15) is 4.79 Å². The number of hydrogen-bond acceptors (Lipinski definition) is 4. The van der Waals surface area contributed by atoms with Crippen molar-refractivity contribution < 1.29 is 9.53 Å². The molecular formula is C23H25N3O2. The molecule has 0 saturated carbocycles. The molecule has 1 fully saturated rings. The van der Waals surface area contributed by atoms with E-state index in [1.54, 1.807) is 0 Å². The van der Waals surface area contributed by atoms with E-state index in [0.717, 1.165) is 41.7 Å². The minimum Gasteiger partial charge on any atom is -0.462 e. The van der Waals surface area contributed by atoms with E-state index in [2.05, 4.69) is 10.4 Å². The lowest BCUT2D eigenvalue weighted by Crippen LogP contribution is -2.34. The maximum absolute atomic E-state index is 12.2. The summed E-state index contributed by atoms with van der Waals surface area (Å²) in [4.78, 5) is 12.2. The van der Waals surface area contributed by atoms with Gasteiger partial charge in [-0.15, -0.1) is 0 Å². The standard InChI is InChI=1S/C23H25N3O2/c27-22(28-17-14-19-10-4-6-15-24-19)13-12-20-21-11-5-7-16-26(21)25-23(20)18-8-2-1-3-9-18/h1-3,5,7-9,11-13,16,19,24H,4,6,10,14-15,17H2/t19-/m1/s1. The third-order valence-corrected chi connectivity index (χ3v) is 5.13. The van der Waals surface area contributed by atoms with Gasteiger partial charge < -0.3 is 10.1 Å². The second-order valence-corrected chi connectivity index (χ2v) is 7.10. The molecule has 144 valence electrons. The maximum Gasteiger partial charge on any atom is 0.330 e. The first kappa shape index (κ1) is 18.4. The molecule has 1 N–H and O–H groups in total. The van der Waals surface area contributed by atoms with Crippen LogP contribution in [-0.2, 0) is 9.53 Å². The molecule has 1 saturated heterocycles. The van der Waals surface area contributed by atoms with E-state index in [4.69, 9.17) is 4.74 Å². The van der Waals surface area contributed by atoms with Gasteiger partial charge in [-0.1, -0.05) is 42.8 Å². The Kier molecular flexibility index (Phi) is 5.83. The lowest BCUT2D eigenvalue weighted by molar-refractivity contribution is -0.137. The number of carbonyl (C=O) groups is 1. The Hall–Kier alpha value is -2.92. The second-order valence-electron chi connectivity index (χ2n) is 7.10. The van der Waals surface area contributed by atoms with Gasteiger partial charge in [0.2, 0.25) is 0 Å². The van der Waals surface area contributed by atoms with Gasteiger partial charge in [0, 0.05) is 29.4 Å². The summed E-state index contributed by atoms with van der Waals surface area (Å²) in [5.41, 5.74) is 3.74. The molecule has 0 spiro atoms. The van der Waals surface area contributed by atoms with Crippen LogP contribution in [-0.4, -0.2) is 34.8 Å². The fourth-order valence-corrected chi connectivity index (χ4v) is 3.66.